The molecule has 1 aliphatic rings. The molecule has 3 aromatic heterocycles. The van der Waals surface area contributed by atoms with Crippen molar-refractivity contribution in [3.63, 3.8) is 0 Å². The predicted octanol–water partition coefficient (Wildman–Crippen LogP) is 3.43. The number of hydrogen-bond donors (Lipinski definition) is 3. The molecule has 10 nitrogen and oxygen atoms in total. The molecule has 1 amide bonds. The summed E-state index contributed by atoms with van der Waals surface area (Å²) in [6, 6.07) is 19.3. The average Bonchev–Trinajstić information content (AvgIpc) is 3.57. The number of carbonyl (C=O) groups excluding carboxylic acids is 1. The molecule has 0 aliphatic carbocycles. The van der Waals surface area contributed by atoms with Crippen LogP contribution in [0.5, 0.6) is 0 Å². The highest BCUT2D eigenvalue weighted by Crippen LogP contribution is 2.26. The van der Waals surface area contributed by atoms with Gasteiger partial charge in [-0.1, -0.05) is 30.3 Å². The Bertz CT molecular complexity index is 1490. The van der Waals surface area contributed by atoms with Crippen molar-refractivity contribution in [1.29, 1.82) is 0 Å². The van der Waals surface area contributed by atoms with Crippen molar-refractivity contribution in [2.75, 3.05) is 36.5 Å². The number of rotatable bonds is 6. The number of ether oxygens (including phenoxy) is 1. The first-order valence-corrected chi connectivity index (χ1v) is 11.8. The maximum absolute atomic E-state index is 12.6. The molecule has 1 fully saturated rings. The van der Waals surface area contributed by atoms with Gasteiger partial charge in [-0.15, -0.1) is 0 Å². The molecular weight excluding hydrogens is 456 g/mol. The number of imidazole rings is 1. The second-order valence-corrected chi connectivity index (χ2v) is 8.53. The molecule has 0 spiro atoms. The molecule has 0 radical (unpaired) electrons. The standard InChI is InChI=1S/C26H24N8O2/c35-22(15-20-14-21(33-32-20)17-4-2-1-3-5-17)29-19-8-6-18(7-9-19)24-30-23-25(31-24)27-16-28-26(23)34-10-12-36-13-11-34/h1-9,14,16H,10-13,15H2,(H,29,35)(H,32,33)(H,27,28,30,31). The van der Waals surface area contributed by atoms with E-state index < -0.39 is 0 Å². The van der Waals surface area contributed by atoms with Crippen LogP contribution in [0, 0.1) is 0 Å². The number of anilines is 2. The molecule has 10 heteroatoms. The normalized spacial score (nSPS) is 13.7. The fourth-order valence-corrected chi connectivity index (χ4v) is 4.27. The minimum atomic E-state index is -0.125. The Morgan fingerprint density at radius 1 is 1.00 bits per heavy atom. The summed E-state index contributed by atoms with van der Waals surface area (Å²) in [5, 5.41) is 10.2. The summed E-state index contributed by atoms with van der Waals surface area (Å²) >= 11 is 0. The Balaban J connectivity index is 1.14. The van der Waals surface area contributed by atoms with Crippen LogP contribution in [0.3, 0.4) is 0 Å². The maximum Gasteiger partial charge on any atom is 0.230 e. The quantitative estimate of drug-likeness (QED) is 0.340. The number of morpholine rings is 1. The number of amides is 1. The van der Waals surface area contributed by atoms with Gasteiger partial charge in [0.25, 0.3) is 0 Å². The molecule has 0 unspecified atom stereocenters. The van der Waals surface area contributed by atoms with Crippen molar-refractivity contribution in [3.05, 3.63) is 72.7 Å². The molecule has 4 heterocycles. The number of fused-ring (bicyclic) bond motifs is 1. The van der Waals surface area contributed by atoms with Gasteiger partial charge in [-0.25, -0.2) is 15.0 Å². The van der Waals surface area contributed by atoms with E-state index in [1.54, 1.807) is 6.33 Å². The van der Waals surface area contributed by atoms with E-state index in [4.69, 9.17) is 4.74 Å². The van der Waals surface area contributed by atoms with Gasteiger partial charge in [-0.2, -0.15) is 5.10 Å². The summed E-state index contributed by atoms with van der Waals surface area (Å²) in [4.78, 5) is 31.6. The largest absolute Gasteiger partial charge is 0.378 e. The monoisotopic (exact) mass is 480 g/mol. The van der Waals surface area contributed by atoms with Crippen LogP contribution in [0.25, 0.3) is 33.8 Å². The van der Waals surface area contributed by atoms with Crippen LogP contribution in [0.15, 0.2) is 67.0 Å². The summed E-state index contributed by atoms with van der Waals surface area (Å²) in [5.41, 5.74) is 5.59. The number of carbonyl (C=O) groups is 1. The third kappa shape index (κ3) is 4.53. The van der Waals surface area contributed by atoms with Crippen LogP contribution >= 0.6 is 0 Å². The van der Waals surface area contributed by atoms with Gasteiger partial charge in [0.05, 0.1) is 25.3 Å². The number of nitrogens with zero attached hydrogens (tertiary/aromatic N) is 5. The lowest BCUT2D eigenvalue weighted by atomic mass is 10.1. The van der Waals surface area contributed by atoms with Crippen LogP contribution in [0.1, 0.15) is 5.69 Å². The number of H-pyrrole nitrogens is 2. The van der Waals surface area contributed by atoms with Crippen molar-refractivity contribution >= 4 is 28.6 Å². The Morgan fingerprint density at radius 2 is 1.81 bits per heavy atom. The van der Waals surface area contributed by atoms with Crippen LogP contribution < -0.4 is 10.2 Å². The highest BCUT2D eigenvalue weighted by atomic mass is 16.5. The van der Waals surface area contributed by atoms with Gasteiger partial charge in [0.1, 0.15) is 17.7 Å². The molecule has 1 aliphatic heterocycles. The molecule has 2 aromatic carbocycles. The third-order valence-corrected chi connectivity index (χ3v) is 6.07. The van der Waals surface area contributed by atoms with E-state index in [1.165, 1.54) is 0 Å². The zero-order valence-electron chi connectivity index (χ0n) is 19.4. The van der Waals surface area contributed by atoms with E-state index in [0.717, 1.165) is 46.9 Å². The molecule has 6 rings (SSSR count). The van der Waals surface area contributed by atoms with E-state index in [-0.39, 0.29) is 12.3 Å². The molecule has 0 atom stereocenters. The van der Waals surface area contributed by atoms with Crippen LogP contribution in [-0.2, 0) is 16.0 Å². The lowest BCUT2D eigenvalue weighted by molar-refractivity contribution is -0.115. The van der Waals surface area contributed by atoms with E-state index in [1.807, 2.05) is 60.7 Å². The van der Waals surface area contributed by atoms with Crippen molar-refractivity contribution < 1.29 is 9.53 Å². The van der Waals surface area contributed by atoms with Crippen LogP contribution in [-0.4, -0.2) is 62.3 Å². The van der Waals surface area contributed by atoms with Gasteiger partial charge in [0.15, 0.2) is 11.5 Å². The summed E-state index contributed by atoms with van der Waals surface area (Å²) in [6.45, 7) is 2.91. The van der Waals surface area contributed by atoms with Gasteiger partial charge < -0.3 is 19.9 Å². The smallest absolute Gasteiger partial charge is 0.230 e. The maximum atomic E-state index is 12.6. The summed E-state index contributed by atoms with van der Waals surface area (Å²) in [5.74, 6) is 1.41. The van der Waals surface area contributed by atoms with E-state index >= 15 is 0 Å². The van der Waals surface area contributed by atoms with E-state index in [9.17, 15) is 4.79 Å². The molecule has 180 valence electrons. The predicted molar refractivity (Wildman–Crippen MR) is 137 cm³/mol. The van der Waals surface area contributed by atoms with Gasteiger partial charge in [-0.3, -0.25) is 9.89 Å². The lowest BCUT2D eigenvalue weighted by Crippen LogP contribution is -2.36. The molecular formula is C26H24N8O2. The molecule has 0 saturated carbocycles. The lowest BCUT2D eigenvalue weighted by Gasteiger charge is -2.27. The summed E-state index contributed by atoms with van der Waals surface area (Å²) < 4.78 is 5.45. The minimum Gasteiger partial charge on any atom is -0.378 e. The fourth-order valence-electron chi connectivity index (χ4n) is 4.27. The first-order valence-electron chi connectivity index (χ1n) is 11.8. The second kappa shape index (κ2) is 9.59. The number of hydrogen-bond acceptors (Lipinski definition) is 7. The summed E-state index contributed by atoms with van der Waals surface area (Å²) in [7, 11) is 0. The molecule has 0 bridgehead atoms. The minimum absolute atomic E-state index is 0.125. The zero-order valence-corrected chi connectivity index (χ0v) is 19.4. The highest BCUT2D eigenvalue weighted by molar-refractivity contribution is 5.92. The third-order valence-electron chi connectivity index (χ3n) is 6.07. The van der Waals surface area contributed by atoms with E-state index in [2.05, 4.69) is 40.3 Å². The Morgan fingerprint density at radius 3 is 2.61 bits per heavy atom. The molecule has 1 saturated heterocycles. The summed E-state index contributed by atoms with van der Waals surface area (Å²) in [6.07, 6.45) is 1.74. The van der Waals surface area contributed by atoms with Gasteiger partial charge >= 0.3 is 0 Å². The van der Waals surface area contributed by atoms with Crippen molar-refractivity contribution in [2.45, 2.75) is 6.42 Å². The van der Waals surface area contributed by atoms with Crippen LogP contribution in [0.4, 0.5) is 11.5 Å². The topological polar surface area (TPSA) is 125 Å². The Hall–Kier alpha value is -4.57. The number of aromatic amines is 2. The zero-order chi connectivity index (χ0) is 24.3. The number of nitrogens with one attached hydrogen (secondary N) is 3. The van der Waals surface area contributed by atoms with Gasteiger partial charge in [-0.05, 0) is 30.3 Å². The SMILES string of the molecule is O=C(Cc1cc(-c2ccccc2)n[nH]1)Nc1ccc(-c2nc3ncnc(N4CCOCC4)c3[nH]2)cc1. The Labute approximate surface area is 206 Å². The number of aromatic nitrogens is 6. The van der Waals surface area contributed by atoms with Crippen LogP contribution in [0.2, 0.25) is 0 Å². The van der Waals surface area contributed by atoms with Gasteiger partial charge in [0, 0.05) is 35.6 Å². The average molecular weight is 481 g/mol. The van der Waals surface area contributed by atoms with Crippen molar-refractivity contribution in [1.82, 2.24) is 30.1 Å². The number of benzene rings is 2. The highest BCUT2D eigenvalue weighted by Gasteiger charge is 2.18. The second-order valence-electron chi connectivity index (χ2n) is 8.53. The molecule has 3 N–H and O–H groups in total. The fraction of sp³-hybridized carbons (Fsp3) is 0.192. The molecule has 36 heavy (non-hydrogen) atoms. The first kappa shape index (κ1) is 21.9. The van der Waals surface area contributed by atoms with Crippen molar-refractivity contribution in [3.8, 4) is 22.6 Å². The van der Waals surface area contributed by atoms with Crippen molar-refractivity contribution in [2.24, 2.45) is 0 Å². The first-order chi connectivity index (χ1) is 17.7. The van der Waals surface area contributed by atoms with E-state index in [0.29, 0.717) is 30.4 Å². The Kier molecular flexibility index (Phi) is 5.84. The van der Waals surface area contributed by atoms with Gasteiger partial charge in [0.2, 0.25) is 5.91 Å². The molecule has 5 aromatic rings.